The zero-order valence-electron chi connectivity index (χ0n) is 15.0. The third-order valence-electron chi connectivity index (χ3n) is 3.61. The van der Waals surface area contributed by atoms with Gasteiger partial charge < -0.3 is 20.3 Å². The molecule has 2 rings (SSSR count). The zero-order valence-corrected chi connectivity index (χ0v) is 15.0. The minimum atomic E-state index is -0.221. The summed E-state index contributed by atoms with van der Waals surface area (Å²) in [6.07, 6.45) is 3.81. The van der Waals surface area contributed by atoms with Crippen LogP contribution in [0.25, 0.3) is 0 Å². The van der Waals surface area contributed by atoms with Gasteiger partial charge in [0.05, 0.1) is 19.5 Å². The highest BCUT2D eigenvalue weighted by molar-refractivity contribution is 5.91. The number of likely N-dealkylation sites (N-methyl/N-ethyl adjacent to an activating group) is 1. The highest BCUT2D eigenvalue weighted by Gasteiger charge is 2.07. The fourth-order valence-corrected chi connectivity index (χ4v) is 2.15. The molecule has 1 heterocycles. The number of nitrogens with zero attached hydrogens (tertiary/aromatic N) is 3. The van der Waals surface area contributed by atoms with Crippen LogP contribution in [0, 0.1) is 0 Å². The Labute approximate surface area is 148 Å². The van der Waals surface area contributed by atoms with Gasteiger partial charge in [-0.1, -0.05) is 12.1 Å². The van der Waals surface area contributed by atoms with Crippen molar-refractivity contribution < 1.29 is 9.53 Å². The number of carbonyl (C=O) groups excluding carboxylic acids is 1. The van der Waals surface area contributed by atoms with Crippen molar-refractivity contribution in [2.75, 3.05) is 46.2 Å². The maximum atomic E-state index is 12.1. The monoisotopic (exact) mass is 343 g/mol. The van der Waals surface area contributed by atoms with Gasteiger partial charge in [-0.2, -0.15) is 0 Å². The van der Waals surface area contributed by atoms with Gasteiger partial charge in [-0.15, -0.1) is 0 Å². The van der Waals surface area contributed by atoms with Crippen molar-refractivity contribution in [1.29, 1.82) is 0 Å². The highest BCUT2D eigenvalue weighted by atomic mass is 16.5. The van der Waals surface area contributed by atoms with Crippen molar-refractivity contribution in [3.63, 3.8) is 0 Å². The number of hydrogen-bond acceptors (Lipinski definition) is 6. The molecule has 0 bridgehead atoms. The van der Waals surface area contributed by atoms with Crippen LogP contribution in [0.2, 0.25) is 0 Å². The zero-order chi connectivity index (χ0) is 18.1. The molecule has 0 radical (unpaired) electrons. The molecule has 0 aliphatic rings. The molecule has 0 saturated carbocycles. The van der Waals surface area contributed by atoms with E-state index >= 15 is 0 Å². The van der Waals surface area contributed by atoms with Crippen LogP contribution < -0.4 is 15.4 Å². The van der Waals surface area contributed by atoms with E-state index in [1.165, 1.54) is 6.20 Å². The van der Waals surface area contributed by atoms with Crippen LogP contribution in [0.15, 0.2) is 36.7 Å². The number of methoxy groups -OCH3 is 1. The first kappa shape index (κ1) is 18.7. The summed E-state index contributed by atoms with van der Waals surface area (Å²) in [5, 5.41) is 6.01. The molecule has 0 fully saturated rings. The first-order valence-corrected chi connectivity index (χ1v) is 8.20. The topological polar surface area (TPSA) is 79.4 Å². The molecule has 25 heavy (non-hydrogen) atoms. The van der Waals surface area contributed by atoms with Crippen LogP contribution in [0.5, 0.6) is 5.75 Å². The first-order chi connectivity index (χ1) is 12.1. The summed E-state index contributed by atoms with van der Waals surface area (Å²) in [6.45, 7) is 2.21. The number of amides is 1. The number of ether oxygens (including phenoxy) is 1. The minimum absolute atomic E-state index is 0.221. The van der Waals surface area contributed by atoms with E-state index in [2.05, 4.69) is 25.5 Å². The quantitative estimate of drug-likeness (QED) is 0.717. The third-order valence-corrected chi connectivity index (χ3v) is 3.61. The van der Waals surface area contributed by atoms with E-state index in [9.17, 15) is 4.79 Å². The molecule has 2 N–H and O–H groups in total. The van der Waals surface area contributed by atoms with Crippen molar-refractivity contribution in [2.24, 2.45) is 0 Å². The minimum Gasteiger partial charge on any atom is -0.497 e. The molecule has 0 saturated heterocycles. The van der Waals surface area contributed by atoms with Crippen LogP contribution in [-0.2, 0) is 6.42 Å². The second-order valence-corrected chi connectivity index (χ2v) is 5.87. The number of aromatic nitrogens is 2. The Kier molecular flexibility index (Phi) is 7.16. The summed E-state index contributed by atoms with van der Waals surface area (Å²) in [7, 11) is 5.65. The molecule has 0 atom stereocenters. The van der Waals surface area contributed by atoms with Crippen LogP contribution in [-0.4, -0.2) is 61.6 Å². The molecule has 2 aromatic rings. The Morgan fingerprint density at radius 3 is 2.48 bits per heavy atom. The summed E-state index contributed by atoms with van der Waals surface area (Å²) < 4.78 is 5.12. The lowest BCUT2D eigenvalue weighted by atomic mass is 10.1. The molecular formula is C18H25N5O2. The number of anilines is 1. The summed E-state index contributed by atoms with van der Waals surface area (Å²) in [4.78, 5) is 22.5. The van der Waals surface area contributed by atoms with Gasteiger partial charge >= 0.3 is 0 Å². The van der Waals surface area contributed by atoms with Gasteiger partial charge in [0.1, 0.15) is 17.3 Å². The summed E-state index contributed by atoms with van der Waals surface area (Å²) in [5.74, 6) is 1.26. The molecule has 7 heteroatoms. The average Bonchev–Trinajstić information content (AvgIpc) is 2.62. The SMILES string of the molecule is COc1ccc(CCNC(=O)c2cnc(NCCN(C)C)cn2)cc1. The number of hydrogen-bond donors (Lipinski definition) is 2. The van der Waals surface area contributed by atoms with E-state index in [0.717, 1.165) is 30.8 Å². The van der Waals surface area contributed by atoms with Gasteiger partial charge in [0.2, 0.25) is 0 Å². The van der Waals surface area contributed by atoms with Gasteiger partial charge in [-0.3, -0.25) is 4.79 Å². The van der Waals surface area contributed by atoms with Crippen molar-refractivity contribution in [2.45, 2.75) is 6.42 Å². The molecule has 1 aromatic carbocycles. The van der Waals surface area contributed by atoms with Gasteiger partial charge in [0.25, 0.3) is 5.91 Å². The molecule has 1 amide bonds. The third kappa shape index (κ3) is 6.39. The molecular weight excluding hydrogens is 318 g/mol. The van der Waals surface area contributed by atoms with E-state index < -0.39 is 0 Å². The van der Waals surface area contributed by atoms with Crippen molar-refractivity contribution >= 4 is 11.7 Å². The number of rotatable bonds is 9. The standard InChI is InChI=1S/C18H25N5O2/c1-23(2)11-10-19-17-13-21-16(12-22-17)18(24)20-9-8-14-4-6-15(25-3)7-5-14/h4-7,12-13H,8-11H2,1-3H3,(H,19,22)(H,20,24). The van der Waals surface area contributed by atoms with E-state index in [1.807, 2.05) is 38.4 Å². The lowest BCUT2D eigenvalue weighted by molar-refractivity contribution is 0.0949. The second-order valence-electron chi connectivity index (χ2n) is 5.87. The predicted octanol–water partition coefficient (Wildman–Crippen LogP) is 1.43. The van der Waals surface area contributed by atoms with Crippen LogP contribution in [0.4, 0.5) is 5.82 Å². The Hall–Kier alpha value is -2.67. The van der Waals surface area contributed by atoms with Crippen molar-refractivity contribution in [3.8, 4) is 5.75 Å². The summed E-state index contributed by atoms with van der Waals surface area (Å²) >= 11 is 0. The van der Waals surface area contributed by atoms with E-state index in [1.54, 1.807) is 13.3 Å². The lowest BCUT2D eigenvalue weighted by Crippen LogP contribution is -2.27. The lowest BCUT2D eigenvalue weighted by Gasteiger charge is -2.10. The molecule has 0 aliphatic heterocycles. The fraction of sp³-hybridized carbons (Fsp3) is 0.389. The Bertz CT molecular complexity index is 656. The Morgan fingerprint density at radius 2 is 1.88 bits per heavy atom. The molecule has 0 aliphatic carbocycles. The molecule has 0 spiro atoms. The molecule has 0 unspecified atom stereocenters. The van der Waals surface area contributed by atoms with Crippen LogP contribution >= 0.6 is 0 Å². The van der Waals surface area contributed by atoms with Gasteiger partial charge in [0, 0.05) is 19.6 Å². The number of benzene rings is 1. The summed E-state index contributed by atoms with van der Waals surface area (Å²) in [5.41, 5.74) is 1.44. The van der Waals surface area contributed by atoms with Crippen molar-refractivity contribution in [1.82, 2.24) is 20.2 Å². The van der Waals surface area contributed by atoms with Crippen LogP contribution in [0.1, 0.15) is 16.1 Å². The smallest absolute Gasteiger partial charge is 0.271 e. The fourth-order valence-electron chi connectivity index (χ4n) is 2.15. The molecule has 134 valence electrons. The first-order valence-electron chi connectivity index (χ1n) is 8.20. The summed E-state index contributed by atoms with van der Waals surface area (Å²) in [6, 6.07) is 7.79. The Morgan fingerprint density at radius 1 is 1.12 bits per heavy atom. The van der Waals surface area contributed by atoms with E-state index in [4.69, 9.17) is 4.74 Å². The van der Waals surface area contributed by atoms with E-state index in [-0.39, 0.29) is 5.91 Å². The molecule has 7 nitrogen and oxygen atoms in total. The molecule has 1 aromatic heterocycles. The van der Waals surface area contributed by atoms with Crippen molar-refractivity contribution in [3.05, 3.63) is 47.9 Å². The van der Waals surface area contributed by atoms with Crippen LogP contribution in [0.3, 0.4) is 0 Å². The predicted molar refractivity (Wildman–Crippen MR) is 98.1 cm³/mol. The largest absolute Gasteiger partial charge is 0.497 e. The highest BCUT2D eigenvalue weighted by Crippen LogP contribution is 2.11. The van der Waals surface area contributed by atoms with E-state index in [0.29, 0.717) is 18.1 Å². The van der Waals surface area contributed by atoms with Gasteiger partial charge in [0.15, 0.2) is 0 Å². The maximum Gasteiger partial charge on any atom is 0.271 e. The number of carbonyl (C=O) groups is 1. The number of nitrogens with one attached hydrogen (secondary N) is 2. The maximum absolute atomic E-state index is 12.1. The average molecular weight is 343 g/mol. The van der Waals surface area contributed by atoms with Gasteiger partial charge in [-0.25, -0.2) is 9.97 Å². The van der Waals surface area contributed by atoms with Gasteiger partial charge in [-0.05, 0) is 38.2 Å². The Balaban J connectivity index is 1.76. The second kappa shape index (κ2) is 9.58. The normalized spacial score (nSPS) is 10.6.